The molecule has 0 unspecified atom stereocenters. The van der Waals surface area contributed by atoms with Crippen molar-refractivity contribution >= 4 is 11.8 Å². The van der Waals surface area contributed by atoms with Crippen molar-refractivity contribution in [3.05, 3.63) is 0 Å². The van der Waals surface area contributed by atoms with Crippen LogP contribution in [0.5, 0.6) is 0 Å². The molecule has 0 bridgehead atoms. The minimum atomic E-state index is -0.911. The van der Waals surface area contributed by atoms with E-state index in [1.807, 2.05) is 0 Å². The number of hydrogen-bond donors (Lipinski definition) is 2. The summed E-state index contributed by atoms with van der Waals surface area (Å²) >= 11 is 0. The summed E-state index contributed by atoms with van der Waals surface area (Å²) in [4.78, 5) is 21.3. The van der Waals surface area contributed by atoms with E-state index in [4.69, 9.17) is 5.11 Å². The van der Waals surface area contributed by atoms with Crippen LogP contribution in [0.3, 0.4) is 0 Å². The van der Waals surface area contributed by atoms with Gasteiger partial charge in [0.15, 0.2) is 0 Å². The molecule has 0 aromatic carbocycles. The van der Waals surface area contributed by atoms with E-state index in [-0.39, 0.29) is 18.6 Å². The second-order valence-electron chi connectivity index (χ2n) is 3.67. The van der Waals surface area contributed by atoms with Gasteiger partial charge in [0, 0.05) is 6.42 Å². The summed E-state index contributed by atoms with van der Waals surface area (Å²) in [7, 11) is 0. The van der Waals surface area contributed by atoms with Gasteiger partial charge in [-0.3, -0.25) is 9.59 Å². The number of rotatable bonds is 10. The number of nitrogens with one attached hydrogen (secondary N) is 1. The highest BCUT2D eigenvalue weighted by molar-refractivity contribution is 5.83. The number of aliphatic carboxylic acids is 1. The van der Waals surface area contributed by atoms with Crippen molar-refractivity contribution in [3.8, 4) is 0 Å². The fourth-order valence-electron chi connectivity index (χ4n) is 1.24. The van der Waals surface area contributed by atoms with Crippen molar-refractivity contribution < 1.29 is 14.7 Å². The van der Waals surface area contributed by atoms with Gasteiger partial charge in [-0.15, -0.1) is 0 Å². The van der Waals surface area contributed by atoms with E-state index in [2.05, 4.69) is 12.2 Å². The average Bonchev–Trinajstić information content (AvgIpc) is 2.20. The summed E-state index contributed by atoms with van der Waals surface area (Å²) in [6.45, 7) is 3.31. The number of carboxylic acids is 1. The third-order valence-electron chi connectivity index (χ3n) is 2.15. The van der Waals surface area contributed by atoms with Gasteiger partial charge < -0.3 is 10.4 Å². The Kier molecular flexibility index (Phi) is 9.07. The molecule has 0 rings (SSSR count). The molecule has 0 spiro atoms. The van der Waals surface area contributed by atoms with Crippen LogP contribution in [0.25, 0.3) is 0 Å². The number of hydrogen-bond acceptors (Lipinski definition) is 3. The van der Waals surface area contributed by atoms with E-state index in [1.54, 1.807) is 0 Å². The van der Waals surface area contributed by atoms with Gasteiger partial charge in [-0.25, -0.2) is 0 Å². The zero-order valence-electron chi connectivity index (χ0n) is 9.42. The summed E-state index contributed by atoms with van der Waals surface area (Å²) in [5.74, 6) is -0.931. The number of carboxylic acid groups (broad SMARTS) is 1. The zero-order valence-corrected chi connectivity index (χ0v) is 9.42. The predicted octanol–water partition coefficient (Wildman–Crippen LogP) is 1.59. The van der Waals surface area contributed by atoms with E-state index in [9.17, 15) is 9.59 Å². The van der Waals surface area contributed by atoms with Crippen molar-refractivity contribution in [2.24, 2.45) is 0 Å². The van der Waals surface area contributed by atoms with Gasteiger partial charge in [0.2, 0.25) is 0 Å². The molecule has 4 heteroatoms. The maximum atomic E-state index is 11.1. The van der Waals surface area contributed by atoms with Crippen molar-refractivity contribution in [3.63, 3.8) is 0 Å². The number of ketones is 1. The highest BCUT2D eigenvalue weighted by Gasteiger charge is 2.04. The highest BCUT2D eigenvalue weighted by Crippen LogP contribution is 1.97. The Morgan fingerprint density at radius 1 is 1.13 bits per heavy atom. The van der Waals surface area contributed by atoms with Gasteiger partial charge >= 0.3 is 5.97 Å². The molecule has 0 atom stereocenters. The summed E-state index contributed by atoms with van der Waals surface area (Å²) < 4.78 is 0. The van der Waals surface area contributed by atoms with Gasteiger partial charge in [-0.05, 0) is 13.0 Å². The lowest BCUT2D eigenvalue weighted by Crippen LogP contribution is -2.24. The van der Waals surface area contributed by atoms with Crippen LogP contribution in [-0.2, 0) is 9.59 Å². The van der Waals surface area contributed by atoms with Crippen LogP contribution in [0.2, 0.25) is 0 Å². The van der Waals surface area contributed by atoms with E-state index in [0.717, 1.165) is 13.0 Å². The number of unbranched alkanes of at least 4 members (excludes halogenated alkanes) is 3. The Bertz CT molecular complexity index is 192. The number of Topliss-reactive ketones (excluding diaryl/α,β-unsaturated/α-hetero) is 1. The molecule has 0 saturated heterocycles. The fourth-order valence-corrected chi connectivity index (χ4v) is 1.24. The first-order chi connectivity index (χ1) is 7.16. The topological polar surface area (TPSA) is 66.4 Å². The second kappa shape index (κ2) is 9.65. The molecule has 0 heterocycles. The quantitative estimate of drug-likeness (QED) is 0.543. The van der Waals surface area contributed by atoms with Gasteiger partial charge in [-0.2, -0.15) is 0 Å². The second-order valence-corrected chi connectivity index (χ2v) is 3.67. The van der Waals surface area contributed by atoms with Gasteiger partial charge in [0.05, 0.1) is 13.0 Å². The lowest BCUT2D eigenvalue weighted by molar-refractivity contribution is -0.138. The molecule has 15 heavy (non-hydrogen) atoms. The smallest absolute Gasteiger partial charge is 0.303 e. The number of carbonyl (C=O) groups is 2. The molecule has 0 aromatic rings. The Morgan fingerprint density at radius 3 is 2.47 bits per heavy atom. The van der Waals surface area contributed by atoms with Crippen molar-refractivity contribution in [1.82, 2.24) is 5.32 Å². The van der Waals surface area contributed by atoms with Crippen LogP contribution in [0, 0.1) is 0 Å². The summed E-state index contributed by atoms with van der Waals surface area (Å²) in [5.41, 5.74) is 0. The van der Waals surface area contributed by atoms with Gasteiger partial charge in [0.25, 0.3) is 0 Å². The van der Waals surface area contributed by atoms with E-state index >= 15 is 0 Å². The molecule has 0 aliphatic carbocycles. The Balaban J connectivity index is 3.20. The summed E-state index contributed by atoms with van der Waals surface area (Å²) in [6.07, 6.45) is 4.78. The molecule has 4 nitrogen and oxygen atoms in total. The van der Waals surface area contributed by atoms with Gasteiger partial charge in [-0.1, -0.05) is 26.2 Å². The highest BCUT2D eigenvalue weighted by atomic mass is 16.4. The van der Waals surface area contributed by atoms with E-state index < -0.39 is 5.97 Å². The minimum absolute atomic E-state index is 0.0205. The standard InChI is InChI=1S/C11H21NO3/c1-2-3-4-5-8-12-9-10(13)6-7-11(14)15/h12H,2-9H2,1H3,(H,14,15). The molecule has 0 radical (unpaired) electrons. The molecular formula is C11H21NO3. The first kappa shape index (κ1) is 14.1. The van der Waals surface area contributed by atoms with Gasteiger partial charge in [0.1, 0.15) is 5.78 Å². The van der Waals surface area contributed by atoms with Crippen LogP contribution < -0.4 is 5.32 Å². The molecule has 0 fully saturated rings. The Labute approximate surface area is 91.1 Å². The summed E-state index contributed by atoms with van der Waals surface area (Å²) in [6, 6.07) is 0. The average molecular weight is 215 g/mol. The molecule has 0 aliphatic heterocycles. The molecule has 0 aliphatic rings. The Morgan fingerprint density at radius 2 is 1.87 bits per heavy atom. The van der Waals surface area contributed by atoms with Crippen molar-refractivity contribution in [2.75, 3.05) is 13.1 Å². The third-order valence-corrected chi connectivity index (χ3v) is 2.15. The van der Waals surface area contributed by atoms with Crippen LogP contribution >= 0.6 is 0 Å². The largest absolute Gasteiger partial charge is 0.481 e. The molecule has 0 aromatic heterocycles. The summed E-state index contributed by atoms with van der Waals surface area (Å²) in [5, 5.41) is 11.4. The van der Waals surface area contributed by atoms with Crippen molar-refractivity contribution in [2.45, 2.75) is 45.4 Å². The first-order valence-corrected chi connectivity index (χ1v) is 5.61. The van der Waals surface area contributed by atoms with Crippen LogP contribution in [0.1, 0.15) is 45.4 Å². The number of carbonyl (C=O) groups excluding carboxylic acids is 1. The SMILES string of the molecule is CCCCCCNCC(=O)CCC(=O)O. The molecule has 0 amide bonds. The maximum Gasteiger partial charge on any atom is 0.303 e. The normalized spacial score (nSPS) is 10.2. The fraction of sp³-hybridized carbons (Fsp3) is 0.818. The van der Waals surface area contributed by atoms with Crippen molar-refractivity contribution in [1.29, 1.82) is 0 Å². The van der Waals surface area contributed by atoms with Crippen LogP contribution in [0.15, 0.2) is 0 Å². The molecular weight excluding hydrogens is 194 g/mol. The van der Waals surface area contributed by atoms with Crippen LogP contribution in [-0.4, -0.2) is 29.9 Å². The molecule has 88 valence electrons. The van der Waals surface area contributed by atoms with E-state index in [1.165, 1.54) is 19.3 Å². The minimum Gasteiger partial charge on any atom is -0.481 e. The Hall–Kier alpha value is -0.900. The lowest BCUT2D eigenvalue weighted by atomic mass is 10.2. The molecule has 2 N–H and O–H groups in total. The molecule has 0 saturated carbocycles. The van der Waals surface area contributed by atoms with E-state index in [0.29, 0.717) is 6.54 Å². The maximum absolute atomic E-state index is 11.1. The monoisotopic (exact) mass is 215 g/mol. The van der Waals surface area contributed by atoms with Crippen LogP contribution in [0.4, 0.5) is 0 Å². The lowest BCUT2D eigenvalue weighted by Gasteiger charge is -2.02. The first-order valence-electron chi connectivity index (χ1n) is 5.61. The third kappa shape index (κ3) is 11.0. The predicted molar refractivity (Wildman–Crippen MR) is 58.9 cm³/mol. The zero-order chi connectivity index (χ0) is 11.5.